The van der Waals surface area contributed by atoms with E-state index < -0.39 is 17.8 Å². The van der Waals surface area contributed by atoms with E-state index in [0.717, 1.165) is 29.7 Å². The van der Waals surface area contributed by atoms with Crippen molar-refractivity contribution >= 4 is 17.5 Å². The molecular formula is C31H37NO6. The fraction of sp³-hybridized carbons (Fsp3) is 0.452. The number of methoxy groups -OCH3 is 2. The standard InChI is InChI=1S/C31H37NO6/c1-6-8-15-38-25-12-10-9-11-22(25)29-28(31(34)37-7-2)19(3)32-23-16-21(17-24(33)30(23)29)20-13-14-26(35-4)27(18-20)36-5/h9-14,18,21,29-30H,6-8,15-17H2,1-5H3/t21-,29-,30?/m0/s1. The number of para-hydroxylation sites is 1. The Morgan fingerprint density at radius 3 is 2.45 bits per heavy atom. The van der Waals surface area contributed by atoms with Gasteiger partial charge in [-0.1, -0.05) is 37.6 Å². The molecule has 0 aromatic heterocycles. The molecule has 0 radical (unpaired) electrons. The van der Waals surface area contributed by atoms with Crippen LogP contribution in [-0.4, -0.2) is 44.9 Å². The first-order valence-corrected chi connectivity index (χ1v) is 13.3. The van der Waals surface area contributed by atoms with Crippen LogP contribution in [0.2, 0.25) is 0 Å². The molecule has 2 aromatic rings. The fourth-order valence-electron chi connectivity index (χ4n) is 5.52. The number of unbranched alkanes of at least 4 members (excludes halogenated alkanes) is 1. The van der Waals surface area contributed by atoms with Crippen LogP contribution in [0.25, 0.3) is 0 Å². The Bertz CT molecular complexity index is 1250. The number of allylic oxidation sites excluding steroid dienone is 1. The predicted octanol–water partition coefficient (Wildman–Crippen LogP) is 6.02. The average Bonchev–Trinajstić information content (AvgIpc) is 2.92. The topological polar surface area (TPSA) is 83.4 Å². The summed E-state index contributed by atoms with van der Waals surface area (Å²) in [5, 5.41) is 0. The summed E-state index contributed by atoms with van der Waals surface area (Å²) < 4.78 is 22.5. The maximum absolute atomic E-state index is 13.9. The molecule has 3 atom stereocenters. The lowest BCUT2D eigenvalue weighted by atomic mass is 9.66. The Kier molecular flexibility index (Phi) is 8.87. The highest BCUT2D eigenvalue weighted by Gasteiger charge is 2.47. The van der Waals surface area contributed by atoms with E-state index in [1.807, 2.05) is 49.4 Å². The number of fused-ring (bicyclic) bond motifs is 1. The van der Waals surface area contributed by atoms with Crippen molar-refractivity contribution in [1.82, 2.24) is 0 Å². The molecule has 1 saturated carbocycles. The summed E-state index contributed by atoms with van der Waals surface area (Å²) in [5.41, 5.74) is 3.63. The third-order valence-electron chi connectivity index (χ3n) is 7.34. The molecular weight excluding hydrogens is 482 g/mol. The average molecular weight is 520 g/mol. The molecule has 0 N–H and O–H groups in total. The third kappa shape index (κ3) is 5.47. The van der Waals surface area contributed by atoms with Crippen molar-refractivity contribution in [3.05, 3.63) is 64.9 Å². The van der Waals surface area contributed by atoms with Gasteiger partial charge in [0.1, 0.15) is 11.5 Å². The summed E-state index contributed by atoms with van der Waals surface area (Å²) in [6.07, 6.45) is 2.87. The molecule has 38 heavy (non-hydrogen) atoms. The Hall–Kier alpha value is -3.61. The van der Waals surface area contributed by atoms with Gasteiger partial charge in [0, 0.05) is 29.3 Å². The normalized spacial score (nSPS) is 20.9. The summed E-state index contributed by atoms with van der Waals surface area (Å²) in [5.74, 6) is 0.463. The molecule has 1 unspecified atom stereocenters. The van der Waals surface area contributed by atoms with Gasteiger partial charge in [-0.05, 0) is 56.4 Å². The Morgan fingerprint density at radius 2 is 1.74 bits per heavy atom. The van der Waals surface area contributed by atoms with Crippen molar-refractivity contribution in [2.24, 2.45) is 10.9 Å². The van der Waals surface area contributed by atoms with Crippen LogP contribution in [0.15, 0.2) is 58.7 Å². The minimum atomic E-state index is -0.551. The molecule has 2 aromatic carbocycles. The Balaban J connectivity index is 1.77. The molecule has 0 amide bonds. The van der Waals surface area contributed by atoms with Crippen molar-refractivity contribution in [2.75, 3.05) is 27.4 Å². The van der Waals surface area contributed by atoms with Crippen molar-refractivity contribution in [1.29, 1.82) is 0 Å². The van der Waals surface area contributed by atoms with E-state index in [1.165, 1.54) is 0 Å². The number of ketones is 1. The number of rotatable bonds is 10. The second-order valence-corrected chi connectivity index (χ2v) is 9.70. The van der Waals surface area contributed by atoms with Gasteiger partial charge in [-0.3, -0.25) is 9.79 Å². The Labute approximate surface area is 224 Å². The van der Waals surface area contributed by atoms with Crippen molar-refractivity contribution < 1.29 is 28.5 Å². The van der Waals surface area contributed by atoms with Gasteiger partial charge < -0.3 is 18.9 Å². The van der Waals surface area contributed by atoms with E-state index in [9.17, 15) is 9.59 Å². The maximum Gasteiger partial charge on any atom is 0.336 e. The first-order chi connectivity index (χ1) is 18.4. The van der Waals surface area contributed by atoms with Crippen LogP contribution in [0.3, 0.4) is 0 Å². The van der Waals surface area contributed by atoms with Crippen molar-refractivity contribution in [3.63, 3.8) is 0 Å². The predicted molar refractivity (Wildman–Crippen MR) is 146 cm³/mol. The lowest BCUT2D eigenvalue weighted by molar-refractivity contribution is -0.139. The Morgan fingerprint density at radius 1 is 0.974 bits per heavy atom. The quantitative estimate of drug-likeness (QED) is 0.282. The number of aliphatic imine (C=N–C) groups is 1. The highest BCUT2D eigenvalue weighted by atomic mass is 16.5. The van der Waals surface area contributed by atoms with Crippen LogP contribution in [0, 0.1) is 5.92 Å². The summed E-state index contributed by atoms with van der Waals surface area (Å²) in [7, 11) is 3.20. The molecule has 0 saturated heterocycles. The minimum absolute atomic E-state index is 0.0500. The van der Waals surface area contributed by atoms with Gasteiger partial charge >= 0.3 is 5.97 Å². The smallest absolute Gasteiger partial charge is 0.336 e. The third-order valence-corrected chi connectivity index (χ3v) is 7.34. The minimum Gasteiger partial charge on any atom is -0.493 e. The number of Topliss-reactive ketones (excluding diaryl/α,β-unsaturated/α-hetero) is 1. The number of ether oxygens (including phenoxy) is 4. The summed E-state index contributed by atoms with van der Waals surface area (Å²) in [6, 6.07) is 13.5. The van der Waals surface area contributed by atoms with E-state index in [4.69, 9.17) is 23.9 Å². The van der Waals surface area contributed by atoms with Crippen LogP contribution in [0.4, 0.5) is 0 Å². The van der Waals surface area contributed by atoms with E-state index in [-0.39, 0.29) is 18.3 Å². The van der Waals surface area contributed by atoms with Gasteiger partial charge in [0.2, 0.25) is 0 Å². The molecule has 2 aliphatic rings. The fourth-order valence-corrected chi connectivity index (χ4v) is 5.52. The molecule has 4 rings (SSSR count). The summed E-state index contributed by atoms with van der Waals surface area (Å²) in [4.78, 5) is 32.0. The van der Waals surface area contributed by atoms with Crippen molar-refractivity contribution in [3.8, 4) is 17.2 Å². The number of carbonyl (C=O) groups is 2. The maximum atomic E-state index is 13.9. The van der Waals surface area contributed by atoms with Gasteiger partial charge in [0.25, 0.3) is 0 Å². The van der Waals surface area contributed by atoms with Gasteiger partial charge in [-0.15, -0.1) is 0 Å². The van der Waals surface area contributed by atoms with Crippen LogP contribution in [0.5, 0.6) is 17.2 Å². The van der Waals surface area contributed by atoms with Crippen LogP contribution >= 0.6 is 0 Å². The monoisotopic (exact) mass is 519 g/mol. The highest BCUT2D eigenvalue weighted by Crippen LogP contribution is 2.48. The number of benzene rings is 2. The molecule has 7 nitrogen and oxygen atoms in total. The summed E-state index contributed by atoms with van der Waals surface area (Å²) >= 11 is 0. The molecule has 7 heteroatoms. The molecule has 0 spiro atoms. The zero-order valence-corrected chi connectivity index (χ0v) is 22.9. The van der Waals surface area contributed by atoms with Crippen molar-refractivity contribution in [2.45, 2.75) is 58.3 Å². The lowest BCUT2D eigenvalue weighted by Crippen LogP contribution is -2.41. The molecule has 1 aliphatic carbocycles. The largest absolute Gasteiger partial charge is 0.493 e. The first-order valence-electron chi connectivity index (χ1n) is 13.3. The second-order valence-electron chi connectivity index (χ2n) is 9.70. The van der Waals surface area contributed by atoms with Gasteiger partial charge in [0.05, 0.1) is 38.9 Å². The van der Waals surface area contributed by atoms with E-state index in [2.05, 4.69) is 6.92 Å². The summed E-state index contributed by atoms with van der Waals surface area (Å²) in [6.45, 7) is 6.53. The molecule has 0 bridgehead atoms. The number of hydrogen-bond acceptors (Lipinski definition) is 7. The SMILES string of the molecule is CCCCOc1ccccc1[C@H]1C(C(=O)OCC)=C(C)N=C2C[C@H](c3ccc(OC)c(OC)c3)CC(=O)C21. The van der Waals surface area contributed by atoms with Crippen LogP contribution in [-0.2, 0) is 14.3 Å². The highest BCUT2D eigenvalue weighted by molar-refractivity contribution is 6.12. The van der Waals surface area contributed by atoms with E-state index >= 15 is 0 Å². The molecule has 1 aliphatic heterocycles. The van der Waals surface area contributed by atoms with E-state index in [1.54, 1.807) is 21.1 Å². The van der Waals surface area contributed by atoms with Gasteiger partial charge in [-0.25, -0.2) is 4.79 Å². The van der Waals surface area contributed by atoms with Crippen LogP contribution in [0.1, 0.15) is 69.4 Å². The first kappa shape index (κ1) is 27.4. The van der Waals surface area contributed by atoms with E-state index in [0.29, 0.717) is 48.0 Å². The second kappa shape index (κ2) is 12.3. The molecule has 202 valence electrons. The lowest BCUT2D eigenvalue weighted by Gasteiger charge is -2.38. The number of esters is 1. The molecule has 1 heterocycles. The number of hydrogen-bond donors (Lipinski definition) is 0. The van der Waals surface area contributed by atoms with Crippen LogP contribution < -0.4 is 14.2 Å². The van der Waals surface area contributed by atoms with Gasteiger partial charge in [-0.2, -0.15) is 0 Å². The van der Waals surface area contributed by atoms with Gasteiger partial charge in [0.15, 0.2) is 11.5 Å². The zero-order chi connectivity index (χ0) is 27.2. The number of carbonyl (C=O) groups excluding carboxylic acids is 2. The number of nitrogens with zero attached hydrogens (tertiary/aromatic N) is 1. The molecule has 1 fully saturated rings. The zero-order valence-electron chi connectivity index (χ0n) is 22.9.